The highest BCUT2D eigenvalue weighted by molar-refractivity contribution is 5.38. The molecule has 0 saturated carbocycles. The van der Waals surface area contributed by atoms with Crippen LogP contribution in [0.5, 0.6) is 11.5 Å². The molecule has 2 rings (SSSR count). The lowest BCUT2D eigenvalue weighted by molar-refractivity contribution is 0.256. The second-order valence-electron chi connectivity index (χ2n) is 6.14. The average Bonchev–Trinajstić information content (AvgIpc) is 2.60. The van der Waals surface area contributed by atoms with E-state index in [1.54, 1.807) is 12.1 Å². The predicted molar refractivity (Wildman–Crippen MR) is 90.5 cm³/mol. The molecule has 0 amide bonds. The zero-order valence-electron chi connectivity index (χ0n) is 14.9. The molecule has 7 heteroatoms. The number of nitrogens with zero attached hydrogens (tertiary/aromatic N) is 1. The Bertz CT molecular complexity index is 739. The molecule has 0 bridgehead atoms. The van der Waals surface area contributed by atoms with E-state index in [1.807, 2.05) is 20.2 Å². The van der Waals surface area contributed by atoms with Crippen molar-refractivity contribution in [2.75, 3.05) is 27.7 Å². The third-order valence-corrected chi connectivity index (χ3v) is 3.86. The minimum Gasteiger partial charge on any atom is -0.496 e. The Labute approximate surface area is 150 Å². The third-order valence-electron chi connectivity index (χ3n) is 3.86. The van der Waals surface area contributed by atoms with E-state index in [9.17, 15) is 17.6 Å². The van der Waals surface area contributed by atoms with Crippen LogP contribution in [-0.2, 0) is 13.0 Å². The van der Waals surface area contributed by atoms with Crippen LogP contribution in [0.1, 0.15) is 17.5 Å². The fourth-order valence-corrected chi connectivity index (χ4v) is 2.53. The lowest BCUT2D eigenvalue weighted by Crippen LogP contribution is -2.13. The Morgan fingerprint density at radius 2 is 1.62 bits per heavy atom. The lowest BCUT2D eigenvalue weighted by atomic mass is 10.1. The molecule has 0 unspecified atom stereocenters. The van der Waals surface area contributed by atoms with E-state index in [0.29, 0.717) is 11.3 Å². The fraction of sp³-hybridized carbons (Fsp3) is 0.368. The van der Waals surface area contributed by atoms with Gasteiger partial charge in [-0.05, 0) is 51.2 Å². The Morgan fingerprint density at radius 1 is 0.962 bits per heavy atom. The molecule has 0 aromatic heterocycles. The predicted octanol–water partition coefficient (Wildman–Crippen LogP) is 4.32. The van der Waals surface area contributed by atoms with Crippen LogP contribution in [0.15, 0.2) is 24.3 Å². The number of benzene rings is 2. The normalized spacial score (nSPS) is 11.1. The van der Waals surface area contributed by atoms with Crippen molar-refractivity contribution in [3.8, 4) is 11.5 Å². The maximum atomic E-state index is 13.7. The van der Waals surface area contributed by atoms with Gasteiger partial charge in [0, 0.05) is 11.6 Å². The van der Waals surface area contributed by atoms with Gasteiger partial charge in [0.1, 0.15) is 12.4 Å². The summed E-state index contributed by atoms with van der Waals surface area (Å²) in [4.78, 5) is 2.07. The highest BCUT2D eigenvalue weighted by Crippen LogP contribution is 2.29. The Balaban J connectivity index is 2.18. The van der Waals surface area contributed by atoms with E-state index in [0.717, 1.165) is 24.9 Å². The molecule has 3 nitrogen and oxygen atoms in total. The van der Waals surface area contributed by atoms with Gasteiger partial charge >= 0.3 is 0 Å². The summed E-state index contributed by atoms with van der Waals surface area (Å²) in [5.74, 6) is -6.77. The van der Waals surface area contributed by atoms with Gasteiger partial charge in [-0.15, -0.1) is 0 Å². The van der Waals surface area contributed by atoms with Crippen molar-refractivity contribution < 1.29 is 27.0 Å². The summed E-state index contributed by atoms with van der Waals surface area (Å²) >= 11 is 0. The SMILES string of the molecule is COc1ccc(CCCN(C)C)cc1COc1c(F)c(F)cc(F)c1F. The highest BCUT2D eigenvalue weighted by Gasteiger charge is 2.21. The number of rotatable bonds is 8. The van der Waals surface area contributed by atoms with E-state index in [1.165, 1.54) is 7.11 Å². The Hall–Kier alpha value is -2.28. The summed E-state index contributed by atoms with van der Waals surface area (Å²) in [7, 11) is 5.41. The summed E-state index contributed by atoms with van der Waals surface area (Å²) in [6.45, 7) is 0.623. The van der Waals surface area contributed by atoms with E-state index in [4.69, 9.17) is 9.47 Å². The highest BCUT2D eigenvalue weighted by atomic mass is 19.2. The van der Waals surface area contributed by atoms with Crippen molar-refractivity contribution in [3.05, 3.63) is 58.7 Å². The summed E-state index contributed by atoms with van der Waals surface area (Å²) in [5.41, 5.74) is 1.52. The maximum absolute atomic E-state index is 13.7. The number of ether oxygens (including phenoxy) is 2. The first-order valence-electron chi connectivity index (χ1n) is 8.09. The lowest BCUT2D eigenvalue weighted by Gasteiger charge is -2.14. The number of hydrogen-bond donors (Lipinski definition) is 0. The van der Waals surface area contributed by atoms with Crippen molar-refractivity contribution in [2.45, 2.75) is 19.4 Å². The molecule has 2 aromatic carbocycles. The van der Waals surface area contributed by atoms with Crippen molar-refractivity contribution >= 4 is 0 Å². The molecule has 0 saturated heterocycles. The van der Waals surface area contributed by atoms with Gasteiger partial charge < -0.3 is 14.4 Å². The van der Waals surface area contributed by atoms with Crippen LogP contribution >= 0.6 is 0 Å². The van der Waals surface area contributed by atoms with Crippen LogP contribution in [0.25, 0.3) is 0 Å². The number of methoxy groups -OCH3 is 1. The van der Waals surface area contributed by atoms with Gasteiger partial charge in [-0.25, -0.2) is 8.78 Å². The summed E-state index contributed by atoms with van der Waals surface area (Å²) in [6, 6.07) is 5.55. The molecule has 26 heavy (non-hydrogen) atoms. The van der Waals surface area contributed by atoms with E-state index >= 15 is 0 Å². The average molecular weight is 371 g/mol. The third kappa shape index (κ3) is 4.88. The first kappa shape index (κ1) is 20.0. The molecular weight excluding hydrogens is 350 g/mol. The minimum absolute atomic E-state index is 0.142. The van der Waals surface area contributed by atoms with Crippen molar-refractivity contribution in [3.63, 3.8) is 0 Å². The van der Waals surface area contributed by atoms with Gasteiger partial charge in [0.05, 0.1) is 7.11 Å². The zero-order chi connectivity index (χ0) is 19.3. The van der Waals surface area contributed by atoms with Crippen molar-refractivity contribution in [1.29, 1.82) is 0 Å². The molecule has 142 valence electrons. The second-order valence-corrected chi connectivity index (χ2v) is 6.14. The van der Waals surface area contributed by atoms with Gasteiger partial charge in [-0.3, -0.25) is 0 Å². The minimum atomic E-state index is -1.56. The van der Waals surface area contributed by atoms with Crippen molar-refractivity contribution in [1.82, 2.24) is 4.90 Å². The topological polar surface area (TPSA) is 21.7 Å². The molecule has 0 radical (unpaired) electrons. The Morgan fingerprint density at radius 3 is 2.19 bits per heavy atom. The smallest absolute Gasteiger partial charge is 0.203 e. The summed E-state index contributed by atoms with van der Waals surface area (Å²) in [6.07, 6.45) is 1.73. The molecule has 0 aliphatic carbocycles. The van der Waals surface area contributed by atoms with Gasteiger partial charge in [-0.1, -0.05) is 6.07 Å². The van der Waals surface area contributed by atoms with E-state index in [-0.39, 0.29) is 12.7 Å². The quantitative estimate of drug-likeness (QED) is 0.509. The van der Waals surface area contributed by atoms with E-state index in [2.05, 4.69) is 4.90 Å². The van der Waals surface area contributed by atoms with E-state index < -0.39 is 29.0 Å². The van der Waals surface area contributed by atoms with Gasteiger partial charge in [0.25, 0.3) is 0 Å². The monoisotopic (exact) mass is 371 g/mol. The molecule has 0 aliphatic heterocycles. The largest absolute Gasteiger partial charge is 0.496 e. The molecule has 0 fully saturated rings. The first-order valence-corrected chi connectivity index (χ1v) is 8.09. The number of aryl methyl sites for hydroxylation is 1. The molecule has 0 spiro atoms. The van der Waals surface area contributed by atoms with Crippen LogP contribution in [0, 0.1) is 23.3 Å². The van der Waals surface area contributed by atoms with Gasteiger partial charge in [0.15, 0.2) is 17.4 Å². The standard InChI is InChI=1S/C19H21F4NO2/c1-24(2)8-4-5-12-6-7-16(25-3)13(9-12)11-26-19-17(22)14(20)10-15(21)18(19)23/h6-7,9-10H,4-5,8,11H2,1-3H3. The van der Waals surface area contributed by atoms with Crippen LogP contribution < -0.4 is 9.47 Å². The zero-order valence-corrected chi connectivity index (χ0v) is 14.9. The fourth-order valence-electron chi connectivity index (χ4n) is 2.53. The number of halogens is 4. The van der Waals surface area contributed by atoms with Crippen LogP contribution in [0.2, 0.25) is 0 Å². The Kier molecular flexibility index (Phi) is 6.85. The molecule has 0 aliphatic rings. The molecular formula is C19H21F4NO2. The van der Waals surface area contributed by atoms with Crippen molar-refractivity contribution in [2.24, 2.45) is 0 Å². The summed E-state index contributed by atoms with van der Waals surface area (Å²) < 4.78 is 64.2. The number of hydrogen-bond acceptors (Lipinski definition) is 3. The second kappa shape index (κ2) is 8.89. The maximum Gasteiger partial charge on any atom is 0.203 e. The van der Waals surface area contributed by atoms with Gasteiger partial charge in [-0.2, -0.15) is 8.78 Å². The van der Waals surface area contributed by atoms with Crippen LogP contribution in [0.4, 0.5) is 17.6 Å². The first-order chi connectivity index (χ1) is 12.3. The molecule has 2 aromatic rings. The van der Waals surface area contributed by atoms with Crippen LogP contribution in [-0.4, -0.2) is 32.6 Å². The van der Waals surface area contributed by atoms with Crippen LogP contribution in [0.3, 0.4) is 0 Å². The van der Waals surface area contributed by atoms with Gasteiger partial charge in [0.2, 0.25) is 11.6 Å². The molecule has 0 atom stereocenters. The summed E-state index contributed by atoms with van der Waals surface area (Å²) in [5, 5.41) is 0. The molecule has 0 N–H and O–H groups in total. The molecule has 0 heterocycles.